The van der Waals surface area contributed by atoms with E-state index in [1.807, 2.05) is 45.9 Å². The Hall–Kier alpha value is -2.81. The average molecular weight is 487 g/mol. The van der Waals surface area contributed by atoms with Crippen LogP contribution < -0.4 is 10.6 Å². The molecule has 1 heterocycles. The van der Waals surface area contributed by atoms with Gasteiger partial charge in [0.2, 0.25) is 11.7 Å². The molecule has 0 spiro atoms. The quantitative estimate of drug-likeness (QED) is 0.400. The highest BCUT2D eigenvalue weighted by Crippen LogP contribution is 2.26. The molecule has 184 valence electrons. The maximum absolute atomic E-state index is 13.3. The lowest BCUT2D eigenvalue weighted by molar-refractivity contribution is -0.127. The molecule has 0 aliphatic heterocycles. The Morgan fingerprint density at radius 3 is 2.41 bits per heavy atom. The second kappa shape index (κ2) is 11.6. The van der Waals surface area contributed by atoms with E-state index in [0.717, 1.165) is 12.8 Å². The van der Waals surface area contributed by atoms with Gasteiger partial charge in [0.05, 0.1) is 18.0 Å². The van der Waals surface area contributed by atoms with E-state index in [1.54, 1.807) is 12.1 Å². The summed E-state index contributed by atoms with van der Waals surface area (Å²) in [6, 6.07) is 7.84. The minimum Gasteiger partial charge on any atom is -0.406 e. The van der Waals surface area contributed by atoms with Gasteiger partial charge in [-0.3, -0.25) is 14.4 Å². The van der Waals surface area contributed by atoms with Crippen LogP contribution in [0.4, 0.5) is 0 Å². The SMILES string of the molecule is CC(C)C[C@H](NC(=O)[C@@H]1CCCC[C@@H]1NC(=O)c1ccccc1)C(=O)c1nn(C(C)C)c(=S)o1. The summed E-state index contributed by atoms with van der Waals surface area (Å²) in [5.41, 5.74) is 0.558. The number of benzene rings is 1. The number of rotatable bonds is 9. The van der Waals surface area contributed by atoms with E-state index in [4.69, 9.17) is 16.6 Å². The molecule has 1 fully saturated rings. The van der Waals surface area contributed by atoms with E-state index in [-0.39, 0.29) is 40.5 Å². The van der Waals surface area contributed by atoms with Crippen LogP contribution in [-0.2, 0) is 4.79 Å². The second-order valence-electron chi connectivity index (χ2n) is 9.60. The number of carbonyl (C=O) groups is 3. The Labute approximate surface area is 205 Å². The smallest absolute Gasteiger partial charge is 0.287 e. The molecule has 1 saturated carbocycles. The van der Waals surface area contributed by atoms with Gasteiger partial charge in [0.15, 0.2) is 0 Å². The van der Waals surface area contributed by atoms with Crippen LogP contribution in [0.5, 0.6) is 0 Å². The molecule has 0 saturated heterocycles. The molecule has 34 heavy (non-hydrogen) atoms. The molecule has 0 radical (unpaired) electrons. The summed E-state index contributed by atoms with van der Waals surface area (Å²) < 4.78 is 6.94. The summed E-state index contributed by atoms with van der Waals surface area (Å²) in [5.74, 6) is -1.18. The van der Waals surface area contributed by atoms with Crippen molar-refractivity contribution in [2.24, 2.45) is 11.8 Å². The molecule has 3 atom stereocenters. The van der Waals surface area contributed by atoms with Crippen molar-refractivity contribution in [2.45, 2.75) is 77.9 Å². The van der Waals surface area contributed by atoms with Gasteiger partial charge in [0.1, 0.15) is 0 Å². The molecule has 8 nitrogen and oxygen atoms in total. The van der Waals surface area contributed by atoms with Gasteiger partial charge in [-0.15, -0.1) is 5.10 Å². The number of ketones is 1. The molecule has 1 aromatic carbocycles. The summed E-state index contributed by atoms with van der Waals surface area (Å²) >= 11 is 5.18. The first-order valence-corrected chi connectivity index (χ1v) is 12.4. The molecule has 2 aromatic rings. The molecule has 3 rings (SSSR count). The molecule has 2 N–H and O–H groups in total. The first-order chi connectivity index (χ1) is 16.2. The standard InChI is InChI=1S/C25H34N4O4S/c1-15(2)14-20(21(30)24-28-29(16(3)4)25(34)33-24)27-23(32)18-12-8-9-13-19(18)26-22(31)17-10-6-5-7-11-17/h5-7,10-11,15-16,18-20H,8-9,12-14H2,1-4H3,(H,26,31)(H,27,32)/t18-,19+,20+/m1/s1. The number of aromatic nitrogens is 2. The molecule has 1 aliphatic carbocycles. The number of amides is 2. The summed E-state index contributed by atoms with van der Waals surface area (Å²) in [4.78, 5) is 39.4. The number of Topliss-reactive ketones (excluding diaryl/α,β-unsaturated/α-hetero) is 1. The van der Waals surface area contributed by atoms with Crippen LogP contribution in [0.2, 0.25) is 0 Å². The van der Waals surface area contributed by atoms with Gasteiger partial charge in [0.25, 0.3) is 16.6 Å². The topological polar surface area (TPSA) is 106 Å². The molecule has 2 amide bonds. The van der Waals surface area contributed by atoms with Crippen molar-refractivity contribution in [3.63, 3.8) is 0 Å². The maximum Gasteiger partial charge on any atom is 0.287 e. The number of hydrogen-bond acceptors (Lipinski definition) is 6. The molecule has 0 bridgehead atoms. The van der Waals surface area contributed by atoms with Gasteiger partial charge in [-0.1, -0.05) is 44.9 Å². The van der Waals surface area contributed by atoms with Crippen molar-refractivity contribution in [1.29, 1.82) is 0 Å². The molecule has 0 unspecified atom stereocenters. The fourth-order valence-electron chi connectivity index (χ4n) is 4.30. The van der Waals surface area contributed by atoms with Crippen molar-refractivity contribution >= 4 is 29.8 Å². The zero-order valence-electron chi connectivity index (χ0n) is 20.2. The van der Waals surface area contributed by atoms with Crippen LogP contribution in [0.15, 0.2) is 34.7 Å². The molecule has 1 aromatic heterocycles. The third kappa shape index (κ3) is 6.40. The maximum atomic E-state index is 13.3. The highest BCUT2D eigenvalue weighted by atomic mass is 32.1. The van der Waals surface area contributed by atoms with Crippen LogP contribution in [0.25, 0.3) is 0 Å². The Kier molecular flexibility index (Phi) is 8.77. The van der Waals surface area contributed by atoms with Crippen LogP contribution >= 0.6 is 12.2 Å². The Balaban J connectivity index is 1.75. The van der Waals surface area contributed by atoms with E-state index in [1.165, 1.54) is 4.68 Å². The van der Waals surface area contributed by atoms with Gasteiger partial charge in [-0.25, -0.2) is 4.68 Å². The summed E-state index contributed by atoms with van der Waals surface area (Å²) in [6.07, 6.45) is 3.63. The number of nitrogens with zero attached hydrogens (tertiary/aromatic N) is 2. The van der Waals surface area contributed by atoms with Gasteiger partial charge < -0.3 is 15.1 Å². The van der Waals surface area contributed by atoms with Crippen LogP contribution in [-0.4, -0.2) is 39.5 Å². The Bertz CT molecular complexity index is 1060. The highest BCUT2D eigenvalue weighted by Gasteiger charge is 2.35. The summed E-state index contributed by atoms with van der Waals surface area (Å²) in [7, 11) is 0. The minimum absolute atomic E-state index is 0.0489. The summed E-state index contributed by atoms with van der Waals surface area (Å²) in [6.45, 7) is 7.76. The van der Waals surface area contributed by atoms with Gasteiger partial charge in [-0.05, 0) is 63.4 Å². The van der Waals surface area contributed by atoms with Crippen LogP contribution in [0.1, 0.15) is 86.9 Å². The highest BCUT2D eigenvalue weighted by molar-refractivity contribution is 7.71. The molecular weight excluding hydrogens is 452 g/mol. The number of carbonyl (C=O) groups excluding carboxylic acids is 3. The number of hydrogen-bond donors (Lipinski definition) is 2. The Morgan fingerprint density at radius 1 is 1.12 bits per heavy atom. The zero-order chi connectivity index (χ0) is 24.8. The molecule has 1 aliphatic rings. The lowest BCUT2D eigenvalue weighted by Crippen LogP contribution is -2.52. The van der Waals surface area contributed by atoms with Crippen molar-refractivity contribution < 1.29 is 18.8 Å². The van der Waals surface area contributed by atoms with E-state index < -0.39 is 17.7 Å². The predicted octanol–water partition coefficient (Wildman–Crippen LogP) is 4.49. The normalized spacial score (nSPS) is 19.1. The minimum atomic E-state index is -0.784. The predicted molar refractivity (Wildman–Crippen MR) is 131 cm³/mol. The zero-order valence-corrected chi connectivity index (χ0v) is 21.1. The second-order valence-corrected chi connectivity index (χ2v) is 9.95. The lowest BCUT2D eigenvalue weighted by atomic mass is 9.83. The van der Waals surface area contributed by atoms with Crippen molar-refractivity contribution in [2.75, 3.05) is 0 Å². The van der Waals surface area contributed by atoms with Crippen LogP contribution in [0, 0.1) is 16.7 Å². The Morgan fingerprint density at radius 2 is 1.79 bits per heavy atom. The van der Waals surface area contributed by atoms with Gasteiger partial charge >= 0.3 is 0 Å². The largest absolute Gasteiger partial charge is 0.406 e. The monoisotopic (exact) mass is 486 g/mol. The molecule has 9 heteroatoms. The number of nitrogens with one attached hydrogen (secondary N) is 2. The first kappa shape index (κ1) is 25.8. The first-order valence-electron chi connectivity index (χ1n) is 12.0. The van der Waals surface area contributed by atoms with Gasteiger partial charge in [0, 0.05) is 11.6 Å². The third-order valence-corrected chi connectivity index (χ3v) is 6.34. The van der Waals surface area contributed by atoms with Crippen molar-refractivity contribution in [3.05, 3.63) is 46.6 Å². The third-order valence-electron chi connectivity index (χ3n) is 6.06. The van der Waals surface area contributed by atoms with Crippen molar-refractivity contribution in [1.82, 2.24) is 20.4 Å². The van der Waals surface area contributed by atoms with E-state index in [0.29, 0.717) is 24.8 Å². The van der Waals surface area contributed by atoms with Crippen molar-refractivity contribution in [3.8, 4) is 0 Å². The fourth-order valence-corrected chi connectivity index (χ4v) is 4.63. The van der Waals surface area contributed by atoms with E-state index in [9.17, 15) is 14.4 Å². The van der Waals surface area contributed by atoms with E-state index in [2.05, 4.69) is 15.7 Å². The summed E-state index contributed by atoms with van der Waals surface area (Å²) in [5, 5.41) is 10.2. The lowest BCUT2D eigenvalue weighted by Gasteiger charge is -2.32. The fraction of sp³-hybridized carbons (Fsp3) is 0.560. The molecular formula is C25H34N4O4S. The van der Waals surface area contributed by atoms with Gasteiger partial charge in [-0.2, -0.15) is 0 Å². The average Bonchev–Trinajstić information content (AvgIpc) is 3.20. The van der Waals surface area contributed by atoms with E-state index >= 15 is 0 Å². The van der Waals surface area contributed by atoms with Crippen LogP contribution in [0.3, 0.4) is 0 Å².